The third-order valence-corrected chi connectivity index (χ3v) is 3.73. The second-order valence-electron chi connectivity index (χ2n) is 5.42. The van der Waals surface area contributed by atoms with E-state index in [-0.39, 0.29) is 11.4 Å². The topological polar surface area (TPSA) is 48.6 Å². The molecule has 0 saturated carbocycles. The van der Waals surface area contributed by atoms with Crippen molar-refractivity contribution in [3.05, 3.63) is 70.1 Å². The fraction of sp³-hybridized carbons (Fsp3) is 0.118. The lowest BCUT2D eigenvalue weighted by Gasteiger charge is -2.15. The number of rotatable bonds is 2. The summed E-state index contributed by atoms with van der Waals surface area (Å²) in [6.45, 7) is 0. The molecule has 9 heteroatoms. The molecule has 0 spiro atoms. The van der Waals surface area contributed by atoms with E-state index in [0.717, 1.165) is 36.4 Å². The predicted octanol–water partition coefficient (Wildman–Crippen LogP) is 5.07. The van der Waals surface area contributed by atoms with Crippen molar-refractivity contribution in [1.82, 2.24) is 9.97 Å². The summed E-state index contributed by atoms with van der Waals surface area (Å²) in [5.74, 6) is 0. The number of hydrogen-bond donors (Lipinski definition) is 2. The van der Waals surface area contributed by atoms with Gasteiger partial charge in [-0.2, -0.15) is 26.3 Å². The zero-order valence-corrected chi connectivity index (χ0v) is 12.8. The van der Waals surface area contributed by atoms with Crippen LogP contribution in [0.2, 0.25) is 0 Å². The predicted molar refractivity (Wildman–Crippen MR) is 82.3 cm³/mol. The van der Waals surface area contributed by atoms with Gasteiger partial charge in [0.15, 0.2) is 0 Å². The smallest absolute Gasteiger partial charge is 0.305 e. The highest BCUT2D eigenvalue weighted by atomic mass is 19.4. The van der Waals surface area contributed by atoms with Gasteiger partial charge in [-0.25, -0.2) is 4.79 Å². The van der Waals surface area contributed by atoms with E-state index in [1.807, 2.05) is 0 Å². The number of aromatic amines is 2. The first-order valence-corrected chi connectivity index (χ1v) is 7.24. The van der Waals surface area contributed by atoms with Gasteiger partial charge in [0.25, 0.3) is 0 Å². The lowest BCUT2D eigenvalue weighted by atomic mass is 9.97. The van der Waals surface area contributed by atoms with E-state index in [9.17, 15) is 31.1 Å². The summed E-state index contributed by atoms with van der Waals surface area (Å²) in [7, 11) is 0. The minimum absolute atomic E-state index is 0.361. The zero-order valence-electron chi connectivity index (χ0n) is 12.8. The number of H-pyrrole nitrogens is 2. The average Bonchev–Trinajstić information content (AvgIpc) is 2.95. The highest BCUT2D eigenvalue weighted by molar-refractivity contribution is 5.81. The van der Waals surface area contributed by atoms with Crippen molar-refractivity contribution in [3.8, 4) is 22.5 Å². The van der Waals surface area contributed by atoms with Crippen LogP contribution in [0.4, 0.5) is 26.3 Å². The summed E-state index contributed by atoms with van der Waals surface area (Å²) in [4.78, 5) is 16.1. The summed E-state index contributed by atoms with van der Waals surface area (Å²) in [5.41, 5.74) is -4.62. The molecule has 0 aliphatic heterocycles. The normalized spacial score (nSPS) is 12.4. The van der Waals surface area contributed by atoms with E-state index < -0.39 is 40.3 Å². The molecule has 0 aliphatic carbocycles. The van der Waals surface area contributed by atoms with Crippen molar-refractivity contribution in [2.24, 2.45) is 0 Å². The van der Waals surface area contributed by atoms with Gasteiger partial charge in [-0.15, -0.1) is 0 Å². The number of imidazole rings is 1. The molecule has 0 unspecified atom stereocenters. The van der Waals surface area contributed by atoms with Crippen molar-refractivity contribution in [2.45, 2.75) is 12.4 Å². The van der Waals surface area contributed by atoms with Gasteiger partial charge in [-0.05, 0) is 12.1 Å². The van der Waals surface area contributed by atoms with E-state index in [1.54, 1.807) is 0 Å². The Morgan fingerprint density at radius 2 is 0.962 bits per heavy atom. The number of halogens is 6. The molecule has 3 rings (SSSR count). The Bertz CT molecular complexity index is 919. The van der Waals surface area contributed by atoms with Crippen LogP contribution < -0.4 is 5.69 Å². The number of nitrogens with one attached hydrogen (secondary N) is 2. The van der Waals surface area contributed by atoms with Gasteiger partial charge in [-0.3, -0.25) is 0 Å². The van der Waals surface area contributed by atoms with Gasteiger partial charge in [0.2, 0.25) is 0 Å². The molecule has 0 aliphatic rings. The van der Waals surface area contributed by atoms with Crippen LogP contribution >= 0.6 is 0 Å². The molecule has 0 atom stereocenters. The molecule has 2 aromatic carbocycles. The van der Waals surface area contributed by atoms with Crippen molar-refractivity contribution in [2.75, 3.05) is 0 Å². The first-order valence-electron chi connectivity index (χ1n) is 7.24. The van der Waals surface area contributed by atoms with Crippen molar-refractivity contribution >= 4 is 0 Å². The maximum absolute atomic E-state index is 13.3. The second-order valence-corrected chi connectivity index (χ2v) is 5.42. The standard InChI is InChI=1S/C17H10F6N2O/c18-16(19,20)11-7-3-1-5-9(11)13-14(25-15(26)24-13)10-6-2-4-8-12(10)17(21,22)23/h1-8H,(H2,24,25,26). The number of benzene rings is 2. The molecule has 3 aromatic rings. The number of aromatic nitrogens is 2. The van der Waals surface area contributed by atoms with E-state index in [4.69, 9.17) is 0 Å². The highest BCUT2D eigenvalue weighted by Crippen LogP contribution is 2.42. The van der Waals surface area contributed by atoms with Gasteiger partial charge in [-0.1, -0.05) is 36.4 Å². The molecule has 2 N–H and O–H groups in total. The van der Waals surface area contributed by atoms with Crippen molar-refractivity contribution < 1.29 is 26.3 Å². The monoisotopic (exact) mass is 372 g/mol. The summed E-state index contributed by atoms with van der Waals surface area (Å²) in [5, 5.41) is 0. The Kier molecular flexibility index (Phi) is 4.17. The van der Waals surface area contributed by atoms with E-state index in [0.29, 0.717) is 0 Å². The molecule has 0 bridgehead atoms. The Morgan fingerprint density at radius 3 is 1.31 bits per heavy atom. The SMILES string of the molecule is O=c1[nH]c(-c2ccccc2C(F)(F)F)c(-c2ccccc2C(F)(F)F)[nH]1. The van der Waals surface area contributed by atoms with Gasteiger partial charge in [0.05, 0.1) is 22.5 Å². The number of hydrogen-bond acceptors (Lipinski definition) is 1. The molecule has 0 fully saturated rings. The third kappa shape index (κ3) is 3.24. The van der Waals surface area contributed by atoms with Crippen LogP contribution in [0.5, 0.6) is 0 Å². The van der Waals surface area contributed by atoms with E-state index in [2.05, 4.69) is 9.97 Å². The molecule has 0 saturated heterocycles. The Balaban J connectivity index is 2.31. The Morgan fingerprint density at radius 1 is 0.615 bits per heavy atom. The highest BCUT2D eigenvalue weighted by Gasteiger charge is 2.37. The summed E-state index contributed by atoms with van der Waals surface area (Å²) in [6.07, 6.45) is -9.49. The molecule has 136 valence electrons. The minimum Gasteiger partial charge on any atom is -0.305 e. The summed E-state index contributed by atoms with van der Waals surface area (Å²) >= 11 is 0. The quantitative estimate of drug-likeness (QED) is 0.606. The van der Waals surface area contributed by atoms with E-state index >= 15 is 0 Å². The average molecular weight is 372 g/mol. The lowest BCUT2D eigenvalue weighted by molar-refractivity contribution is -0.138. The van der Waals surface area contributed by atoms with Crippen LogP contribution in [0.1, 0.15) is 11.1 Å². The van der Waals surface area contributed by atoms with Gasteiger partial charge in [0.1, 0.15) is 0 Å². The zero-order chi connectivity index (χ0) is 19.1. The van der Waals surface area contributed by atoms with Gasteiger partial charge < -0.3 is 9.97 Å². The molecule has 3 nitrogen and oxygen atoms in total. The van der Waals surface area contributed by atoms with Crippen molar-refractivity contribution in [3.63, 3.8) is 0 Å². The third-order valence-electron chi connectivity index (χ3n) is 3.73. The van der Waals surface area contributed by atoms with Crippen LogP contribution in [0.15, 0.2) is 53.3 Å². The van der Waals surface area contributed by atoms with Gasteiger partial charge in [0, 0.05) is 11.1 Å². The molecular formula is C17H10F6N2O. The fourth-order valence-electron chi connectivity index (χ4n) is 2.68. The molecule has 1 heterocycles. The van der Waals surface area contributed by atoms with Crippen LogP contribution in [-0.4, -0.2) is 9.97 Å². The summed E-state index contributed by atoms with van der Waals surface area (Å²) < 4.78 is 79.6. The number of alkyl halides is 6. The van der Waals surface area contributed by atoms with Crippen LogP contribution in [0, 0.1) is 0 Å². The van der Waals surface area contributed by atoms with E-state index in [1.165, 1.54) is 12.1 Å². The van der Waals surface area contributed by atoms with Crippen molar-refractivity contribution in [1.29, 1.82) is 0 Å². The maximum atomic E-state index is 13.3. The maximum Gasteiger partial charge on any atom is 0.417 e. The molecule has 0 amide bonds. The second kappa shape index (κ2) is 6.08. The fourth-order valence-corrected chi connectivity index (χ4v) is 2.68. The molecule has 0 radical (unpaired) electrons. The molecular weight excluding hydrogens is 362 g/mol. The molecule has 26 heavy (non-hydrogen) atoms. The summed E-state index contributed by atoms with van der Waals surface area (Å²) in [6, 6.07) is 8.66. The first-order chi connectivity index (χ1) is 12.1. The largest absolute Gasteiger partial charge is 0.417 e. The van der Waals surface area contributed by atoms with Crippen LogP contribution in [0.3, 0.4) is 0 Å². The van der Waals surface area contributed by atoms with Crippen LogP contribution in [0.25, 0.3) is 22.5 Å². The minimum atomic E-state index is -4.74. The lowest BCUT2D eigenvalue weighted by Crippen LogP contribution is -2.09. The Labute approximate surface area is 142 Å². The van der Waals surface area contributed by atoms with Crippen LogP contribution in [-0.2, 0) is 12.4 Å². The Hall–Kier alpha value is -2.97. The first kappa shape index (κ1) is 17.8. The van der Waals surface area contributed by atoms with Gasteiger partial charge >= 0.3 is 18.0 Å². The molecule has 1 aromatic heterocycles.